The summed E-state index contributed by atoms with van der Waals surface area (Å²) in [6.45, 7) is 1.98. The van der Waals surface area contributed by atoms with Crippen LogP contribution in [0.25, 0.3) is 0 Å². The Morgan fingerprint density at radius 3 is 2.35 bits per heavy atom. The van der Waals surface area contributed by atoms with Gasteiger partial charge in [0.25, 0.3) is 0 Å². The van der Waals surface area contributed by atoms with E-state index in [9.17, 15) is 15.3 Å². The lowest BCUT2D eigenvalue weighted by atomic mass is 10.1. The molecule has 0 saturated carbocycles. The molecule has 1 aromatic carbocycles. The molecule has 0 radical (unpaired) electrons. The number of pyridine rings is 1. The van der Waals surface area contributed by atoms with Crippen molar-refractivity contribution in [2.45, 2.75) is 29.1 Å². The Balaban J connectivity index is 2.17. The molecule has 2 aromatic rings. The van der Waals surface area contributed by atoms with Crippen molar-refractivity contribution in [2.75, 3.05) is 12.0 Å². The number of anilines is 1. The third-order valence-electron chi connectivity index (χ3n) is 3.51. The summed E-state index contributed by atoms with van der Waals surface area (Å²) in [5.74, 6) is 0.688. The number of carbonyl (C=O) groups excluding carboxylic acids is 1. The van der Waals surface area contributed by atoms with Crippen molar-refractivity contribution in [3.8, 4) is 12.1 Å². The highest BCUT2D eigenvalue weighted by molar-refractivity contribution is 7.99. The number of benzene rings is 1. The average molecular weight is 384 g/mol. The highest BCUT2D eigenvalue weighted by Crippen LogP contribution is 2.34. The highest BCUT2D eigenvalue weighted by Gasteiger charge is 2.18. The molecule has 0 bridgehead atoms. The molecular weight excluding hydrogens is 366 g/mol. The van der Waals surface area contributed by atoms with Crippen LogP contribution < -0.4 is 11.1 Å². The van der Waals surface area contributed by atoms with E-state index in [1.165, 1.54) is 30.4 Å². The van der Waals surface area contributed by atoms with Crippen LogP contribution >= 0.6 is 23.5 Å². The molecule has 0 atom stereocenters. The Hall–Kier alpha value is -2.68. The summed E-state index contributed by atoms with van der Waals surface area (Å²) in [7, 11) is 0. The van der Waals surface area contributed by atoms with Crippen molar-refractivity contribution in [1.82, 2.24) is 10.3 Å². The zero-order chi connectivity index (χ0) is 19.1. The van der Waals surface area contributed by atoms with Crippen LogP contribution in [0.4, 0.5) is 5.82 Å². The Labute approximate surface area is 160 Å². The Morgan fingerprint density at radius 1 is 1.19 bits per heavy atom. The second kappa shape index (κ2) is 9.14. The van der Waals surface area contributed by atoms with E-state index >= 15 is 0 Å². The number of hydrogen-bond acceptors (Lipinski definition) is 7. The van der Waals surface area contributed by atoms with Gasteiger partial charge in [0.15, 0.2) is 0 Å². The van der Waals surface area contributed by atoms with Gasteiger partial charge in [-0.05, 0) is 17.4 Å². The molecule has 0 aliphatic carbocycles. The first-order chi connectivity index (χ1) is 12.5. The molecule has 6 nitrogen and oxygen atoms in total. The molecule has 8 heteroatoms. The number of nitrogen functional groups attached to an aromatic ring is 1. The number of nitrogens with one attached hydrogen (secondary N) is 1. The van der Waals surface area contributed by atoms with Gasteiger partial charge < -0.3 is 11.1 Å². The average Bonchev–Trinajstić information content (AvgIpc) is 2.64. The lowest BCUT2D eigenvalue weighted by molar-refractivity contribution is -0.119. The molecule has 1 heterocycles. The van der Waals surface area contributed by atoms with Gasteiger partial charge in [-0.1, -0.05) is 24.3 Å². The fraction of sp³-hybridized carbons (Fsp3) is 0.222. The van der Waals surface area contributed by atoms with Gasteiger partial charge in [0.05, 0.1) is 5.56 Å². The van der Waals surface area contributed by atoms with Crippen molar-refractivity contribution < 1.29 is 4.79 Å². The van der Waals surface area contributed by atoms with Gasteiger partial charge >= 0.3 is 0 Å². The number of nitriles is 2. The maximum Gasteiger partial charge on any atom is 0.217 e. The second-order valence-electron chi connectivity index (χ2n) is 5.32. The summed E-state index contributed by atoms with van der Waals surface area (Å²) in [5, 5.41) is 22.0. The van der Waals surface area contributed by atoms with Gasteiger partial charge in [0, 0.05) is 24.1 Å². The molecule has 132 valence electrons. The van der Waals surface area contributed by atoms with E-state index in [0.29, 0.717) is 27.8 Å². The molecule has 0 unspecified atom stereocenters. The molecule has 3 N–H and O–H groups in total. The van der Waals surface area contributed by atoms with Crippen LogP contribution in [0.3, 0.4) is 0 Å². The minimum Gasteiger partial charge on any atom is -0.383 e. The zero-order valence-electron chi connectivity index (χ0n) is 14.4. The van der Waals surface area contributed by atoms with Crippen LogP contribution in [0.1, 0.15) is 29.2 Å². The molecule has 0 fully saturated rings. The van der Waals surface area contributed by atoms with Crippen molar-refractivity contribution >= 4 is 35.2 Å². The van der Waals surface area contributed by atoms with Crippen LogP contribution in [0.2, 0.25) is 0 Å². The zero-order valence-corrected chi connectivity index (χ0v) is 16.0. The normalized spacial score (nSPS) is 10.0. The fourth-order valence-electron chi connectivity index (χ4n) is 2.21. The van der Waals surface area contributed by atoms with Crippen LogP contribution in [0.15, 0.2) is 34.2 Å². The Bertz CT molecular complexity index is 898. The van der Waals surface area contributed by atoms with Crippen molar-refractivity contribution in [3.63, 3.8) is 0 Å². The van der Waals surface area contributed by atoms with E-state index in [-0.39, 0.29) is 17.3 Å². The minimum absolute atomic E-state index is 0.0669. The van der Waals surface area contributed by atoms with Gasteiger partial charge in [0.2, 0.25) is 5.91 Å². The molecule has 1 amide bonds. The van der Waals surface area contributed by atoms with Crippen LogP contribution in [0.5, 0.6) is 0 Å². The number of rotatable bonds is 6. The number of amides is 1. The summed E-state index contributed by atoms with van der Waals surface area (Å²) >= 11 is 2.72. The SMILES string of the molecule is CSc1c(C#N)c(N)nc(SCc2ccc(CNC(C)=O)cc2)c1C#N. The topological polar surface area (TPSA) is 116 Å². The summed E-state index contributed by atoms with van der Waals surface area (Å²) < 4.78 is 0. The second-order valence-corrected chi connectivity index (χ2v) is 7.10. The highest BCUT2D eigenvalue weighted by atomic mass is 32.2. The molecule has 0 spiro atoms. The smallest absolute Gasteiger partial charge is 0.217 e. The Morgan fingerprint density at radius 2 is 1.81 bits per heavy atom. The summed E-state index contributed by atoms with van der Waals surface area (Å²) in [6.07, 6.45) is 1.80. The first kappa shape index (κ1) is 19.6. The predicted octanol–water partition coefficient (Wildman–Crippen LogP) is 3.06. The maximum atomic E-state index is 10.9. The van der Waals surface area contributed by atoms with E-state index in [1.807, 2.05) is 30.3 Å². The number of thioether (sulfide) groups is 2. The lowest BCUT2D eigenvalue weighted by Crippen LogP contribution is -2.18. The van der Waals surface area contributed by atoms with Crippen LogP contribution in [0, 0.1) is 22.7 Å². The number of nitrogens with two attached hydrogens (primary N) is 1. The van der Waals surface area contributed by atoms with Crippen molar-refractivity contribution in [3.05, 3.63) is 46.5 Å². The van der Waals surface area contributed by atoms with Gasteiger partial charge in [-0.2, -0.15) is 10.5 Å². The van der Waals surface area contributed by atoms with Crippen molar-refractivity contribution in [2.24, 2.45) is 0 Å². The van der Waals surface area contributed by atoms with Crippen LogP contribution in [-0.4, -0.2) is 17.1 Å². The number of carbonyl (C=O) groups is 1. The predicted molar refractivity (Wildman–Crippen MR) is 103 cm³/mol. The van der Waals surface area contributed by atoms with E-state index in [0.717, 1.165) is 11.1 Å². The van der Waals surface area contributed by atoms with Crippen molar-refractivity contribution in [1.29, 1.82) is 10.5 Å². The molecule has 1 aromatic heterocycles. The molecule has 0 aliphatic heterocycles. The monoisotopic (exact) mass is 383 g/mol. The summed E-state index contributed by atoms with van der Waals surface area (Å²) in [5.41, 5.74) is 8.58. The van der Waals surface area contributed by atoms with Gasteiger partial charge in [-0.3, -0.25) is 4.79 Å². The number of nitrogens with zero attached hydrogens (tertiary/aromatic N) is 3. The lowest BCUT2D eigenvalue weighted by Gasteiger charge is -2.11. The van der Waals surface area contributed by atoms with Gasteiger partial charge in [-0.15, -0.1) is 23.5 Å². The standard InChI is InChI=1S/C18H17N5OS2/c1-11(24)22-9-12-3-5-13(6-4-12)10-26-18-15(8-20)16(25-2)14(7-19)17(21)23-18/h3-6H,9-10H2,1-2H3,(H2,21,23)(H,22,24). The number of hydrogen-bond donors (Lipinski definition) is 2. The molecular formula is C18H17N5OS2. The van der Waals surface area contributed by atoms with Crippen LogP contribution in [-0.2, 0) is 17.1 Å². The third-order valence-corrected chi connectivity index (χ3v) is 5.38. The summed E-state index contributed by atoms with van der Waals surface area (Å²) in [6, 6.07) is 12.0. The first-order valence-corrected chi connectivity index (χ1v) is 9.83. The maximum absolute atomic E-state index is 10.9. The van der Waals surface area contributed by atoms with Gasteiger partial charge in [-0.25, -0.2) is 4.98 Å². The number of aromatic nitrogens is 1. The van der Waals surface area contributed by atoms with Gasteiger partial charge in [0.1, 0.15) is 28.5 Å². The molecule has 0 aliphatic rings. The third kappa shape index (κ3) is 4.69. The summed E-state index contributed by atoms with van der Waals surface area (Å²) in [4.78, 5) is 15.8. The van der Waals surface area contributed by atoms with E-state index in [1.54, 1.807) is 6.26 Å². The fourth-order valence-corrected chi connectivity index (χ4v) is 3.92. The van der Waals surface area contributed by atoms with E-state index in [2.05, 4.69) is 16.4 Å². The first-order valence-electron chi connectivity index (χ1n) is 7.62. The minimum atomic E-state index is -0.0669. The van der Waals surface area contributed by atoms with E-state index < -0.39 is 0 Å². The van der Waals surface area contributed by atoms with E-state index in [4.69, 9.17) is 5.73 Å². The largest absolute Gasteiger partial charge is 0.383 e. The molecule has 0 saturated heterocycles. The quantitative estimate of drug-likeness (QED) is 0.736. The molecule has 2 rings (SSSR count). The molecule has 26 heavy (non-hydrogen) atoms. The Kier molecular flexibility index (Phi) is 6.90.